The van der Waals surface area contributed by atoms with Gasteiger partial charge in [0.1, 0.15) is 0 Å². The average molecular weight is 449 g/mol. The van der Waals surface area contributed by atoms with Gasteiger partial charge in [0.2, 0.25) is 5.91 Å². The Morgan fingerprint density at radius 2 is 1.97 bits per heavy atom. The number of benzene rings is 1. The Morgan fingerprint density at radius 1 is 1.12 bits per heavy atom. The van der Waals surface area contributed by atoms with Gasteiger partial charge in [-0.15, -0.1) is 0 Å². The fourth-order valence-corrected chi connectivity index (χ4v) is 3.10. The Morgan fingerprint density at radius 3 is 2.78 bits per heavy atom. The van der Waals surface area contributed by atoms with Crippen LogP contribution in [0.1, 0.15) is 38.5 Å². The highest BCUT2D eigenvalue weighted by molar-refractivity contribution is 5.94. The molecule has 2 aliphatic rings. The molecule has 0 radical (unpaired) electrons. The second-order valence-corrected chi connectivity index (χ2v) is 7.90. The van der Waals surface area contributed by atoms with Gasteiger partial charge in [0.05, 0.1) is 26.4 Å². The molecule has 0 spiro atoms. The summed E-state index contributed by atoms with van der Waals surface area (Å²) < 4.78 is 22.0. The van der Waals surface area contributed by atoms with E-state index < -0.39 is 0 Å². The lowest BCUT2D eigenvalue weighted by molar-refractivity contribution is -0.121. The maximum absolute atomic E-state index is 11.9. The van der Waals surface area contributed by atoms with Crippen LogP contribution in [0.15, 0.2) is 23.2 Å². The number of hydrogen-bond acceptors (Lipinski definition) is 6. The van der Waals surface area contributed by atoms with Crippen LogP contribution in [0.3, 0.4) is 0 Å². The van der Waals surface area contributed by atoms with E-state index in [0.717, 1.165) is 42.9 Å². The molecule has 0 saturated heterocycles. The first-order valence-corrected chi connectivity index (χ1v) is 11.6. The number of carbonyl (C=O) groups is 1. The molecular formula is C23H36N4O5. The van der Waals surface area contributed by atoms with E-state index >= 15 is 0 Å². The number of nitrogens with one attached hydrogen (secondary N) is 3. The van der Waals surface area contributed by atoms with Gasteiger partial charge in [0, 0.05) is 57.4 Å². The first-order valence-electron chi connectivity index (χ1n) is 11.6. The molecule has 1 fully saturated rings. The summed E-state index contributed by atoms with van der Waals surface area (Å²) in [7, 11) is 1.66. The second-order valence-electron chi connectivity index (χ2n) is 7.90. The number of fused-ring (bicyclic) bond motifs is 1. The van der Waals surface area contributed by atoms with Gasteiger partial charge in [0.25, 0.3) is 0 Å². The summed E-state index contributed by atoms with van der Waals surface area (Å²) in [5.74, 6) is 2.27. The number of rotatable bonds is 13. The van der Waals surface area contributed by atoms with Crippen molar-refractivity contribution in [1.29, 1.82) is 0 Å². The Kier molecular flexibility index (Phi) is 10.4. The molecule has 1 saturated carbocycles. The highest BCUT2D eigenvalue weighted by atomic mass is 16.5. The molecule has 3 N–H and O–H groups in total. The van der Waals surface area contributed by atoms with Gasteiger partial charge in [-0.1, -0.05) is 0 Å². The molecule has 0 unspecified atom stereocenters. The van der Waals surface area contributed by atoms with Crippen LogP contribution in [-0.4, -0.2) is 71.1 Å². The van der Waals surface area contributed by atoms with E-state index in [4.69, 9.17) is 18.9 Å². The van der Waals surface area contributed by atoms with Crippen molar-refractivity contribution < 1.29 is 23.7 Å². The molecular weight excluding hydrogens is 412 g/mol. The van der Waals surface area contributed by atoms with Crippen LogP contribution in [0.2, 0.25) is 0 Å². The van der Waals surface area contributed by atoms with Crippen molar-refractivity contribution in [3.05, 3.63) is 18.2 Å². The van der Waals surface area contributed by atoms with Crippen LogP contribution in [0.4, 0.5) is 5.69 Å². The van der Waals surface area contributed by atoms with Crippen LogP contribution in [-0.2, 0) is 14.3 Å². The summed E-state index contributed by atoms with van der Waals surface area (Å²) in [5.41, 5.74) is 0.864. The second kappa shape index (κ2) is 13.8. The Labute approximate surface area is 190 Å². The van der Waals surface area contributed by atoms with E-state index in [1.54, 1.807) is 7.11 Å². The monoisotopic (exact) mass is 448 g/mol. The van der Waals surface area contributed by atoms with E-state index in [9.17, 15) is 4.79 Å². The Hall–Kier alpha value is -2.52. The van der Waals surface area contributed by atoms with Crippen LogP contribution in [0, 0.1) is 0 Å². The van der Waals surface area contributed by atoms with Gasteiger partial charge in [-0.3, -0.25) is 9.79 Å². The van der Waals surface area contributed by atoms with Crippen molar-refractivity contribution in [3.63, 3.8) is 0 Å². The number of hydrogen-bond donors (Lipinski definition) is 3. The van der Waals surface area contributed by atoms with Crippen molar-refractivity contribution in [2.45, 2.75) is 44.6 Å². The summed E-state index contributed by atoms with van der Waals surface area (Å²) in [6, 6.07) is 6.18. The highest BCUT2D eigenvalue weighted by Crippen LogP contribution is 2.32. The molecule has 9 heteroatoms. The molecule has 178 valence electrons. The van der Waals surface area contributed by atoms with Gasteiger partial charge in [-0.25, -0.2) is 0 Å². The van der Waals surface area contributed by atoms with E-state index in [-0.39, 0.29) is 5.91 Å². The standard InChI is InChI=1S/C23H36N4O5/c1-29-15-16-30-12-3-11-25-23(24-10-2-5-22(28)26-18-6-7-18)27-19-8-9-20-21(17-19)32-14-4-13-31-20/h8-9,17-18H,2-7,10-16H2,1H3,(H,26,28)(H2,24,25,27). The van der Waals surface area contributed by atoms with Crippen molar-refractivity contribution >= 4 is 17.6 Å². The number of anilines is 1. The lowest BCUT2D eigenvalue weighted by Crippen LogP contribution is -2.32. The number of methoxy groups -OCH3 is 1. The third-order valence-electron chi connectivity index (χ3n) is 4.97. The maximum atomic E-state index is 11.9. The number of ether oxygens (including phenoxy) is 4. The minimum atomic E-state index is 0.112. The minimum Gasteiger partial charge on any atom is -0.490 e. The predicted molar refractivity (Wildman–Crippen MR) is 124 cm³/mol. The molecule has 32 heavy (non-hydrogen) atoms. The largest absolute Gasteiger partial charge is 0.490 e. The third-order valence-corrected chi connectivity index (χ3v) is 4.97. The Bertz CT molecular complexity index is 739. The van der Waals surface area contributed by atoms with E-state index in [1.165, 1.54) is 0 Å². The zero-order valence-corrected chi connectivity index (χ0v) is 19.0. The zero-order chi connectivity index (χ0) is 22.4. The van der Waals surface area contributed by atoms with Crippen LogP contribution in [0.25, 0.3) is 0 Å². The molecule has 1 aliphatic heterocycles. The number of carbonyl (C=O) groups excluding carboxylic acids is 1. The summed E-state index contributed by atoms with van der Waals surface area (Å²) in [6.07, 6.45) is 5.11. The van der Waals surface area contributed by atoms with Crippen molar-refractivity contribution in [2.24, 2.45) is 4.99 Å². The summed E-state index contributed by atoms with van der Waals surface area (Å²) in [4.78, 5) is 16.5. The topological polar surface area (TPSA) is 102 Å². The molecule has 1 aromatic rings. The normalized spacial score (nSPS) is 15.7. The van der Waals surface area contributed by atoms with E-state index in [1.807, 2.05) is 18.2 Å². The molecule has 1 aromatic carbocycles. The number of nitrogens with zero attached hydrogens (tertiary/aromatic N) is 1. The summed E-state index contributed by atoms with van der Waals surface area (Å²) >= 11 is 0. The molecule has 1 aliphatic carbocycles. The minimum absolute atomic E-state index is 0.112. The number of amides is 1. The maximum Gasteiger partial charge on any atom is 0.220 e. The highest BCUT2D eigenvalue weighted by Gasteiger charge is 2.22. The zero-order valence-electron chi connectivity index (χ0n) is 19.0. The van der Waals surface area contributed by atoms with E-state index in [0.29, 0.717) is 71.0 Å². The number of guanidine groups is 1. The van der Waals surface area contributed by atoms with Crippen molar-refractivity contribution in [2.75, 3.05) is 58.6 Å². The van der Waals surface area contributed by atoms with E-state index in [2.05, 4.69) is 20.9 Å². The van der Waals surface area contributed by atoms with Crippen LogP contribution in [0.5, 0.6) is 11.5 Å². The van der Waals surface area contributed by atoms with Gasteiger partial charge in [-0.2, -0.15) is 0 Å². The number of aliphatic imine (C=N–C) groups is 1. The van der Waals surface area contributed by atoms with Crippen LogP contribution >= 0.6 is 0 Å². The molecule has 3 rings (SSSR count). The molecule has 0 atom stereocenters. The van der Waals surface area contributed by atoms with Gasteiger partial charge < -0.3 is 34.9 Å². The summed E-state index contributed by atoms with van der Waals surface area (Å²) in [5, 5.41) is 9.68. The van der Waals surface area contributed by atoms with Crippen molar-refractivity contribution in [1.82, 2.24) is 10.6 Å². The predicted octanol–water partition coefficient (Wildman–Crippen LogP) is 2.32. The quantitative estimate of drug-likeness (QED) is 0.242. The first-order chi connectivity index (χ1) is 15.7. The molecule has 1 amide bonds. The molecule has 1 heterocycles. The average Bonchev–Trinajstić information content (AvgIpc) is 3.62. The van der Waals surface area contributed by atoms with Crippen LogP contribution < -0.4 is 25.4 Å². The first kappa shape index (κ1) is 24.1. The third kappa shape index (κ3) is 9.32. The van der Waals surface area contributed by atoms with Gasteiger partial charge in [0.15, 0.2) is 17.5 Å². The SMILES string of the molecule is COCCOCCCNC(=NCCCC(=O)NC1CC1)Nc1ccc2c(c1)OCCCO2. The smallest absolute Gasteiger partial charge is 0.220 e. The lowest BCUT2D eigenvalue weighted by Gasteiger charge is -2.15. The van der Waals surface area contributed by atoms with Gasteiger partial charge >= 0.3 is 0 Å². The van der Waals surface area contributed by atoms with Crippen molar-refractivity contribution in [3.8, 4) is 11.5 Å². The molecule has 9 nitrogen and oxygen atoms in total. The Balaban J connectivity index is 1.49. The molecule has 0 bridgehead atoms. The fourth-order valence-electron chi connectivity index (χ4n) is 3.10. The lowest BCUT2D eigenvalue weighted by atomic mass is 10.2. The summed E-state index contributed by atoms with van der Waals surface area (Å²) in [6.45, 7) is 4.41. The fraction of sp³-hybridized carbons (Fsp3) is 0.652. The van der Waals surface area contributed by atoms with Gasteiger partial charge in [-0.05, 0) is 37.8 Å². The molecule has 0 aromatic heterocycles.